The van der Waals surface area contributed by atoms with E-state index in [2.05, 4.69) is 25.7 Å². The molecule has 0 aliphatic carbocycles. The number of carbonyl (C=O) groups excluding carboxylic acids is 1. The van der Waals surface area contributed by atoms with Gasteiger partial charge in [-0.3, -0.25) is 0 Å². The highest BCUT2D eigenvalue weighted by Gasteiger charge is 2.06. The number of imidazole rings is 1. The van der Waals surface area contributed by atoms with E-state index in [9.17, 15) is 4.79 Å². The molecular formula is C11H9BrN2O2. The quantitative estimate of drug-likeness (QED) is 0.627. The molecule has 0 radical (unpaired) electrons. The lowest BCUT2D eigenvalue weighted by molar-refractivity contribution is -0.135. The highest BCUT2D eigenvalue weighted by molar-refractivity contribution is 9.12. The van der Waals surface area contributed by atoms with Crippen LogP contribution in [0.2, 0.25) is 0 Å². The van der Waals surface area contributed by atoms with Crippen molar-refractivity contribution < 1.29 is 9.53 Å². The lowest BCUT2D eigenvalue weighted by atomic mass is 10.3. The van der Waals surface area contributed by atoms with Crippen LogP contribution in [0, 0.1) is 0 Å². The second kappa shape index (κ2) is 4.49. The number of aromatic nitrogens is 2. The van der Waals surface area contributed by atoms with Crippen molar-refractivity contribution in [2.24, 2.45) is 0 Å². The molecule has 0 fully saturated rings. The number of nitrogens with zero attached hydrogens (tertiary/aromatic N) is 2. The summed E-state index contributed by atoms with van der Waals surface area (Å²) in [6.07, 6.45) is 3.27. The maximum atomic E-state index is 11.2. The number of hydrogen-bond donors (Lipinski definition) is 0. The number of benzene rings is 1. The lowest BCUT2D eigenvalue weighted by Crippen LogP contribution is -2.00. The zero-order chi connectivity index (χ0) is 11.5. The smallest absolute Gasteiger partial charge is 0.346 e. The molecule has 2 rings (SSSR count). The summed E-state index contributed by atoms with van der Waals surface area (Å²) in [5.74, 6) is -0.419. The molecule has 0 atom stereocenters. The molecule has 1 heterocycles. The van der Waals surface area contributed by atoms with E-state index in [-0.39, 0.29) is 0 Å². The summed E-state index contributed by atoms with van der Waals surface area (Å²) in [6, 6.07) is 7.67. The van der Waals surface area contributed by atoms with Crippen molar-refractivity contribution in [3.05, 3.63) is 35.1 Å². The SMILES string of the molecule is COC(=O)/C(Br)=C/n1cnc2ccccc21. The van der Waals surface area contributed by atoms with E-state index in [1.54, 1.807) is 17.1 Å². The zero-order valence-corrected chi connectivity index (χ0v) is 10.1. The fraction of sp³-hybridized carbons (Fsp3) is 0.0909. The van der Waals surface area contributed by atoms with Gasteiger partial charge in [-0.05, 0) is 28.1 Å². The van der Waals surface area contributed by atoms with Crippen molar-refractivity contribution in [2.45, 2.75) is 0 Å². The Morgan fingerprint density at radius 2 is 2.25 bits per heavy atom. The van der Waals surface area contributed by atoms with E-state index in [0.717, 1.165) is 11.0 Å². The molecule has 16 heavy (non-hydrogen) atoms. The van der Waals surface area contributed by atoms with E-state index < -0.39 is 5.97 Å². The minimum atomic E-state index is -0.419. The van der Waals surface area contributed by atoms with E-state index in [4.69, 9.17) is 0 Å². The third-order valence-electron chi connectivity index (χ3n) is 2.11. The maximum Gasteiger partial charge on any atom is 0.346 e. The van der Waals surface area contributed by atoms with E-state index in [0.29, 0.717) is 4.48 Å². The summed E-state index contributed by atoms with van der Waals surface area (Å²) in [6.45, 7) is 0. The zero-order valence-electron chi connectivity index (χ0n) is 8.55. The van der Waals surface area contributed by atoms with Crippen LogP contribution in [-0.4, -0.2) is 22.6 Å². The summed E-state index contributed by atoms with van der Waals surface area (Å²) >= 11 is 3.15. The van der Waals surface area contributed by atoms with E-state index >= 15 is 0 Å². The number of ether oxygens (including phenoxy) is 1. The fourth-order valence-corrected chi connectivity index (χ4v) is 1.74. The Balaban J connectivity index is 2.45. The van der Waals surface area contributed by atoms with E-state index in [1.807, 2.05) is 24.3 Å². The first-order chi connectivity index (χ1) is 7.72. The standard InChI is InChI=1S/C11H9BrN2O2/c1-16-11(15)8(12)6-14-7-13-9-4-2-3-5-10(9)14/h2-7H,1H3/b8-6-. The maximum absolute atomic E-state index is 11.2. The fourth-order valence-electron chi connectivity index (χ4n) is 1.35. The van der Waals surface area contributed by atoms with Crippen LogP contribution < -0.4 is 0 Å². The van der Waals surface area contributed by atoms with Gasteiger partial charge in [0.15, 0.2) is 0 Å². The molecule has 5 heteroatoms. The second-order valence-corrected chi connectivity index (χ2v) is 3.96. The third kappa shape index (κ3) is 1.99. The van der Waals surface area contributed by atoms with Crippen molar-refractivity contribution in [1.29, 1.82) is 0 Å². The Bertz CT molecular complexity index is 560. The van der Waals surface area contributed by atoms with Gasteiger partial charge >= 0.3 is 5.97 Å². The van der Waals surface area contributed by atoms with Crippen LogP contribution in [0.5, 0.6) is 0 Å². The summed E-state index contributed by atoms with van der Waals surface area (Å²) in [7, 11) is 1.34. The van der Waals surface area contributed by atoms with E-state index in [1.165, 1.54) is 7.11 Å². The molecule has 0 amide bonds. The van der Waals surface area contributed by atoms with Crippen LogP contribution >= 0.6 is 15.9 Å². The van der Waals surface area contributed by atoms with Gasteiger partial charge in [-0.25, -0.2) is 9.78 Å². The monoisotopic (exact) mass is 280 g/mol. The van der Waals surface area contributed by atoms with Gasteiger partial charge in [0.2, 0.25) is 0 Å². The van der Waals surface area contributed by atoms with Gasteiger partial charge in [0.1, 0.15) is 4.48 Å². The molecule has 0 spiro atoms. The summed E-state index contributed by atoms with van der Waals surface area (Å²) in [5, 5.41) is 0. The van der Waals surface area contributed by atoms with Crippen molar-refractivity contribution >= 4 is 39.1 Å². The Labute approximate surface area is 101 Å². The molecule has 2 aromatic rings. The van der Waals surface area contributed by atoms with Crippen molar-refractivity contribution in [2.75, 3.05) is 7.11 Å². The Kier molecular flexibility index (Phi) is 3.05. The summed E-state index contributed by atoms with van der Waals surface area (Å²) in [4.78, 5) is 15.4. The minimum Gasteiger partial charge on any atom is -0.465 e. The Hall–Kier alpha value is -1.62. The first-order valence-electron chi connectivity index (χ1n) is 4.59. The predicted molar refractivity (Wildman–Crippen MR) is 64.9 cm³/mol. The highest BCUT2D eigenvalue weighted by atomic mass is 79.9. The molecule has 82 valence electrons. The largest absolute Gasteiger partial charge is 0.465 e. The summed E-state index contributed by atoms with van der Waals surface area (Å²) < 4.78 is 6.69. The Morgan fingerprint density at radius 3 is 3.00 bits per heavy atom. The molecule has 0 aliphatic rings. The molecule has 0 bridgehead atoms. The van der Waals surface area contributed by atoms with Crippen LogP contribution in [0.4, 0.5) is 0 Å². The van der Waals surface area contributed by atoms with Gasteiger partial charge in [0, 0.05) is 6.20 Å². The first-order valence-corrected chi connectivity index (χ1v) is 5.39. The lowest BCUT2D eigenvalue weighted by Gasteiger charge is -1.99. The molecule has 4 nitrogen and oxygen atoms in total. The predicted octanol–water partition coefficient (Wildman–Crippen LogP) is 2.40. The van der Waals surface area contributed by atoms with Crippen LogP contribution in [0.25, 0.3) is 17.2 Å². The number of halogens is 1. The third-order valence-corrected chi connectivity index (χ3v) is 2.64. The van der Waals surface area contributed by atoms with Crippen LogP contribution in [0.15, 0.2) is 35.1 Å². The molecule has 0 saturated carbocycles. The van der Waals surface area contributed by atoms with Gasteiger partial charge in [0.25, 0.3) is 0 Å². The van der Waals surface area contributed by atoms with Gasteiger partial charge in [0.05, 0.1) is 24.5 Å². The number of carbonyl (C=O) groups is 1. The molecule has 0 unspecified atom stereocenters. The van der Waals surface area contributed by atoms with Crippen molar-refractivity contribution in [1.82, 2.24) is 9.55 Å². The molecule has 1 aromatic heterocycles. The summed E-state index contributed by atoms with van der Waals surface area (Å²) in [5.41, 5.74) is 1.81. The molecule has 1 aromatic carbocycles. The molecular weight excluding hydrogens is 272 g/mol. The number of methoxy groups -OCH3 is 1. The van der Waals surface area contributed by atoms with Gasteiger partial charge < -0.3 is 9.30 Å². The molecule has 0 saturated heterocycles. The average molecular weight is 281 g/mol. The normalized spacial score (nSPS) is 11.8. The van der Waals surface area contributed by atoms with Crippen LogP contribution in [-0.2, 0) is 9.53 Å². The number of para-hydroxylation sites is 2. The molecule has 0 aliphatic heterocycles. The number of rotatable bonds is 2. The molecule has 0 N–H and O–H groups in total. The van der Waals surface area contributed by atoms with Crippen molar-refractivity contribution in [3.63, 3.8) is 0 Å². The topological polar surface area (TPSA) is 44.1 Å². The highest BCUT2D eigenvalue weighted by Crippen LogP contribution is 2.15. The minimum absolute atomic E-state index is 0.346. The van der Waals surface area contributed by atoms with Crippen LogP contribution in [0.1, 0.15) is 0 Å². The van der Waals surface area contributed by atoms with Gasteiger partial charge in [-0.15, -0.1) is 0 Å². The Morgan fingerprint density at radius 1 is 1.50 bits per heavy atom. The van der Waals surface area contributed by atoms with Gasteiger partial charge in [-0.1, -0.05) is 12.1 Å². The number of fused-ring (bicyclic) bond motifs is 1. The first kappa shape index (κ1) is 10.9. The number of hydrogen-bond acceptors (Lipinski definition) is 3. The average Bonchev–Trinajstić information content (AvgIpc) is 2.72. The second-order valence-electron chi connectivity index (χ2n) is 3.11. The van der Waals surface area contributed by atoms with Crippen molar-refractivity contribution in [3.8, 4) is 0 Å². The number of esters is 1. The van der Waals surface area contributed by atoms with Crippen LogP contribution in [0.3, 0.4) is 0 Å². The van der Waals surface area contributed by atoms with Gasteiger partial charge in [-0.2, -0.15) is 0 Å².